The van der Waals surface area contributed by atoms with Gasteiger partial charge in [0.1, 0.15) is 16.8 Å². The van der Waals surface area contributed by atoms with Crippen LogP contribution in [-0.2, 0) is 9.59 Å². The van der Waals surface area contributed by atoms with Crippen molar-refractivity contribution in [2.75, 3.05) is 12.4 Å². The molecule has 10 heteroatoms. The first kappa shape index (κ1) is 20.8. The number of carbonyl (C=O) groups excluding carboxylic acids is 2. The van der Waals surface area contributed by atoms with Crippen molar-refractivity contribution < 1.29 is 18.7 Å². The van der Waals surface area contributed by atoms with Crippen LogP contribution < -0.4 is 15.4 Å². The molecular weight excluding hydrogens is 419 g/mol. The third-order valence-corrected chi connectivity index (χ3v) is 5.18. The molecule has 1 aliphatic rings. The summed E-state index contributed by atoms with van der Waals surface area (Å²) in [7, 11) is 1.58. The first-order valence-corrected chi connectivity index (χ1v) is 9.68. The fraction of sp³-hybridized carbons (Fsp3) is 0.158. The first-order valence-electron chi connectivity index (χ1n) is 8.42. The van der Waals surface area contributed by atoms with Crippen LogP contribution in [0.25, 0.3) is 0 Å². The van der Waals surface area contributed by atoms with Crippen molar-refractivity contribution in [2.24, 2.45) is 10.2 Å². The zero-order chi connectivity index (χ0) is 20.8. The van der Waals surface area contributed by atoms with E-state index in [1.807, 2.05) is 12.1 Å². The van der Waals surface area contributed by atoms with Gasteiger partial charge in [-0.25, -0.2) is 4.39 Å². The molecule has 1 unspecified atom stereocenters. The number of anilines is 1. The van der Waals surface area contributed by atoms with Crippen LogP contribution in [0.4, 0.5) is 10.1 Å². The summed E-state index contributed by atoms with van der Waals surface area (Å²) in [4.78, 5) is 24.2. The highest BCUT2D eigenvalue weighted by Crippen LogP contribution is 2.24. The van der Waals surface area contributed by atoms with Crippen molar-refractivity contribution in [3.05, 3.63) is 58.9 Å². The molecule has 1 fully saturated rings. The molecule has 1 heterocycles. The smallest absolute Gasteiger partial charge is 0.240 e. The Morgan fingerprint density at radius 2 is 2.10 bits per heavy atom. The predicted molar refractivity (Wildman–Crippen MR) is 112 cm³/mol. The van der Waals surface area contributed by atoms with Crippen molar-refractivity contribution >= 4 is 52.2 Å². The normalized spacial score (nSPS) is 17.6. The number of hydrogen-bond acceptors (Lipinski definition) is 6. The van der Waals surface area contributed by atoms with Gasteiger partial charge < -0.3 is 15.4 Å². The second-order valence-electron chi connectivity index (χ2n) is 5.90. The van der Waals surface area contributed by atoms with Gasteiger partial charge in [-0.05, 0) is 48.0 Å². The minimum absolute atomic E-state index is 0.0767. The van der Waals surface area contributed by atoms with Crippen LogP contribution in [0.2, 0.25) is 5.02 Å². The van der Waals surface area contributed by atoms with E-state index in [0.29, 0.717) is 10.9 Å². The highest BCUT2D eigenvalue weighted by molar-refractivity contribution is 8.15. The summed E-state index contributed by atoms with van der Waals surface area (Å²) >= 11 is 6.80. The molecule has 0 aliphatic carbocycles. The van der Waals surface area contributed by atoms with Crippen LogP contribution in [-0.4, -0.2) is 35.6 Å². The molecule has 0 bridgehead atoms. The highest BCUT2D eigenvalue weighted by Gasteiger charge is 2.32. The number of methoxy groups -OCH3 is 1. The molecule has 1 atom stereocenters. The summed E-state index contributed by atoms with van der Waals surface area (Å²) in [6.45, 7) is 0. The quantitative estimate of drug-likeness (QED) is 0.538. The van der Waals surface area contributed by atoms with Crippen LogP contribution >= 0.6 is 23.4 Å². The van der Waals surface area contributed by atoms with Gasteiger partial charge in [0.15, 0.2) is 5.17 Å². The van der Waals surface area contributed by atoms with Crippen molar-refractivity contribution in [3.63, 3.8) is 0 Å². The molecule has 0 radical (unpaired) electrons. The lowest BCUT2D eigenvalue weighted by Gasteiger charge is -2.07. The Hall–Kier alpha value is -2.91. The average molecular weight is 435 g/mol. The number of nitrogens with zero attached hydrogens (tertiary/aromatic N) is 2. The SMILES string of the molecule is COc1ccc(/C=N/N=C2\NC(=O)C(CC(=O)Nc3ccc(F)c(Cl)c3)S2)cc1. The Labute approximate surface area is 175 Å². The van der Waals surface area contributed by atoms with E-state index in [0.717, 1.165) is 29.1 Å². The van der Waals surface area contributed by atoms with Crippen LogP contribution in [0.3, 0.4) is 0 Å². The van der Waals surface area contributed by atoms with E-state index >= 15 is 0 Å². The molecule has 1 aliphatic heterocycles. The Balaban J connectivity index is 1.54. The Morgan fingerprint density at radius 1 is 1.34 bits per heavy atom. The Kier molecular flexibility index (Phi) is 6.84. The van der Waals surface area contributed by atoms with Crippen LogP contribution in [0, 0.1) is 5.82 Å². The lowest BCUT2D eigenvalue weighted by molar-refractivity contribution is -0.122. The molecule has 0 aromatic heterocycles. The molecule has 7 nitrogen and oxygen atoms in total. The number of halogens is 2. The topological polar surface area (TPSA) is 92.2 Å². The molecule has 150 valence electrons. The fourth-order valence-corrected chi connectivity index (χ4v) is 3.48. The summed E-state index contributed by atoms with van der Waals surface area (Å²) < 4.78 is 18.3. The van der Waals surface area contributed by atoms with Gasteiger partial charge in [0.2, 0.25) is 11.8 Å². The van der Waals surface area contributed by atoms with E-state index in [2.05, 4.69) is 20.8 Å². The molecule has 0 saturated carbocycles. The van der Waals surface area contributed by atoms with Crippen molar-refractivity contribution in [1.82, 2.24) is 5.32 Å². The lowest BCUT2D eigenvalue weighted by atomic mass is 10.2. The summed E-state index contributed by atoms with van der Waals surface area (Å²) in [6.07, 6.45) is 1.46. The summed E-state index contributed by atoms with van der Waals surface area (Å²) in [6, 6.07) is 11.1. The van der Waals surface area contributed by atoms with E-state index in [1.54, 1.807) is 19.2 Å². The van der Waals surface area contributed by atoms with Crippen molar-refractivity contribution in [1.29, 1.82) is 0 Å². The summed E-state index contributed by atoms with van der Waals surface area (Å²) in [5.41, 5.74) is 1.17. The van der Waals surface area contributed by atoms with Gasteiger partial charge in [-0.15, -0.1) is 5.10 Å². The molecule has 2 amide bonds. The molecule has 2 aromatic carbocycles. The second-order valence-corrected chi connectivity index (χ2v) is 7.50. The Bertz CT molecular complexity index is 982. The third-order valence-electron chi connectivity index (χ3n) is 3.82. The lowest BCUT2D eigenvalue weighted by Crippen LogP contribution is -2.28. The molecule has 2 aromatic rings. The number of thioether (sulfide) groups is 1. The predicted octanol–water partition coefficient (Wildman–Crippen LogP) is 3.44. The van der Waals surface area contributed by atoms with Crippen LogP contribution in [0.15, 0.2) is 52.7 Å². The molecule has 1 saturated heterocycles. The third kappa shape index (κ3) is 5.78. The second kappa shape index (κ2) is 9.53. The van der Waals surface area contributed by atoms with E-state index in [1.165, 1.54) is 18.3 Å². The molecule has 2 N–H and O–H groups in total. The zero-order valence-corrected chi connectivity index (χ0v) is 16.8. The number of ether oxygens (including phenoxy) is 1. The Morgan fingerprint density at radius 3 is 2.79 bits per heavy atom. The molecule has 29 heavy (non-hydrogen) atoms. The maximum atomic E-state index is 13.2. The van der Waals surface area contributed by atoms with Crippen molar-refractivity contribution in [2.45, 2.75) is 11.7 Å². The number of amides is 2. The standard InChI is InChI=1S/C19H16ClFN4O3S/c1-28-13-5-2-11(3-6-13)10-22-25-19-24-18(27)16(29-19)9-17(26)23-12-4-7-15(21)14(20)8-12/h2-8,10,16H,9H2,1H3,(H,23,26)(H,24,25,27)/b22-10+. The molecular formula is C19H16ClFN4O3S. The number of benzene rings is 2. The van der Waals surface area contributed by atoms with Gasteiger partial charge in [0, 0.05) is 12.1 Å². The number of amidine groups is 1. The fourth-order valence-electron chi connectivity index (χ4n) is 2.38. The van der Waals surface area contributed by atoms with Crippen LogP contribution in [0.1, 0.15) is 12.0 Å². The highest BCUT2D eigenvalue weighted by atomic mass is 35.5. The number of rotatable bonds is 6. The zero-order valence-electron chi connectivity index (χ0n) is 15.2. The summed E-state index contributed by atoms with van der Waals surface area (Å²) in [5.74, 6) is -0.577. The van der Waals surface area contributed by atoms with Gasteiger partial charge in [0.05, 0.1) is 18.3 Å². The number of nitrogens with one attached hydrogen (secondary N) is 2. The maximum absolute atomic E-state index is 13.2. The van der Waals surface area contributed by atoms with Crippen LogP contribution in [0.5, 0.6) is 5.75 Å². The number of hydrogen-bond donors (Lipinski definition) is 2. The average Bonchev–Trinajstić information content (AvgIpc) is 3.04. The minimum atomic E-state index is -0.638. The van der Waals surface area contributed by atoms with Gasteiger partial charge in [-0.3, -0.25) is 9.59 Å². The maximum Gasteiger partial charge on any atom is 0.240 e. The largest absolute Gasteiger partial charge is 0.497 e. The van der Waals surface area contributed by atoms with E-state index in [4.69, 9.17) is 16.3 Å². The monoisotopic (exact) mass is 434 g/mol. The van der Waals surface area contributed by atoms with E-state index < -0.39 is 17.0 Å². The minimum Gasteiger partial charge on any atom is -0.497 e. The summed E-state index contributed by atoms with van der Waals surface area (Å²) in [5, 5.41) is 12.7. The van der Waals surface area contributed by atoms with Gasteiger partial charge in [0.25, 0.3) is 0 Å². The van der Waals surface area contributed by atoms with Crippen molar-refractivity contribution in [3.8, 4) is 5.75 Å². The van der Waals surface area contributed by atoms with E-state index in [9.17, 15) is 14.0 Å². The molecule has 0 spiro atoms. The van der Waals surface area contributed by atoms with E-state index in [-0.39, 0.29) is 17.4 Å². The molecule has 3 rings (SSSR count). The van der Waals surface area contributed by atoms with Gasteiger partial charge in [-0.1, -0.05) is 23.4 Å². The first-order chi connectivity index (χ1) is 13.9. The van der Waals surface area contributed by atoms with Gasteiger partial charge in [-0.2, -0.15) is 5.10 Å². The number of carbonyl (C=O) groups is 2. The van der Waals surface area contributed by atoms with Gasteiger partial charge >= 0.3 is 0 Å².